The molecule has 122 valence electrons. The summed E-state index contributed by atoms with van der Waals surface area (Å²) in [6, 6.07) is 7.35. The van der Waals surface area contributed by atoms with Gasteiger partial charge in [0.2, 0.25) is 0 Å². The number of carbonyl (C=O) groups is 1. The Kier molecular flexibility index (Phi) is 4.91. The van der Waals surface area contributed by atoms with E-state index in [0.29, 0.717) is 24.5 Å². The number of cyclic esters (lactones) is 1. The minimum absolute atomic E-state index is 0.161. The van der Waals surface area contributed by atoms with Crippen molar-refractivity contribution in [1.82, 2.24) is 5.32 Å². The number of ether oxygens (including phenoxy) is 1. The Morgan fingerprint density at radius 2 is 2.09 bits per heavy atom. The highest BCUT2D eigenvalue weighted by Gasteiger charge is 2.35. The first kappa shape index (κ1) is 16.3. The van der Waals surface area contributed by atoms with Crippen LogP contribution in [-0.2, 0) is 9.53 Å². The molecule has 0 aromatic heterocycles. The quantitative estimate of drug-likeness (QED) is 0.644. The molecule has 0 amide bonds. The third-order valence-electron chi connectivity index (χ3n) is 4.45. The van der Waals surface area contributed by atoms with Crippen LogP contribution >= 0.6 is 11.6 Å². The average molecular weight is 334 g/mol. The molecule has 1 unspecified atom stereocenters. The molecule has 2 N–H and O–H groups in total. The molecular weight excluding hydrogens is 314 g/mol. The predicted octanol–water partition coefficient (Wildman–Crippen LogP) is 2.27. The maximum atomic E-state index is 11.5. The molecular formula is C18H20ClNO3. The third kappa shape index (κ3) is 4.26. The normalized spacial score (nSPS) is 30.4. The molecule has 1 heterocycles. The minimum Gasteiger partial charge on any atom is -0.464 e. The van der Waals surface area contributed by atoms with Gasteiger partial charge in [-0.25, -0.2) is 0 Å². The van der Waals surface area contributed by atoms with Crippen molar-refractivity contribution in [2.24, 2.45) is 0 Å². The van der Waals surface area contributed by atoms with E-state index in [9.17, 15) is 9.90 Å². The van der Waals surface area contributed by atoms with Gasteiger partial charge in [0, 0.05) is 23.0 Å². The Morgan fingerprint density at radius 1 is 1.30 bits per heavy atom. The number of carbonyl (C=O) groups excluding carboxylic acids is 1. The van der Waals surface area contributed by atoms with Gasteiger partial charge in [-0.3, -0.25) is 4.79 Å². The molecule has 3 rings (SSSR count). The lowest BCUT2D eigenvalue weighted by molar-refractivity contribution is -0.139. The van der Waals surface area contributed by atoms with Gasteiger partial charge in [0.25, 0.3) is 0 Å². The number of nitrogens with one attached hydrogen (secondary N) is 1. The summed E-state index contributed by atoms with van der Waals surface area (Å²) in [6.45, 7) is 0.498. The van der Waals surface area contributed by atoms with Crippen molar-refractivity contribution in [3.05, 3.63) is 34.9 Å². The van der Waals surface area contributed by atoms with Gasteiger partial charge in [-0.1, -0.05) is 29.5 Å². The van der Waals surface area contributed by atoms with Crippen LogP contribution in [-0.4, -0.2) is 35.4 Å². The lowest BCUT2D eigenvalue weighted by Gasteiger charge is -2.33. The van der Waals surface area contributed by atoms with Crippen LogP contribution in [0.1, 0.15) is 37.7 Å². The summed E-state index contributed by atoms with van der Waals surface area (Å²) in [6.07, 6.45) is 3.52. The van der Waals surface area contributed by atoms with Crippen LogP contribution in [0.25, 0.3) is 0 Å². The predicted molar refractivity (Wildman–Crippen MR) is 88.0 cm³/mol. The number of rotatable bonds is 2. The van der Waals surface area contributed by atoms with Gasteiger partial charge in [0.1, 0.15) is 11.6 Å². The maximum absolute atomic E-state index is 11.5. The summed E-state index contributed by atoms with van der Waals surface area (Å²) >= 11 is 5.94. The van der Waals surface area contributed by atoms with Crippen molar-refractivity contribution in [3.8, 4) is 11.8 Å². The topological polar surface area (TPSA) is 58.6 Å². The van der Waals surface area contributed by atoms with Crippen LogP contribution < -0.4 is 5.32 Å². The molecule has 1 saturated heterocycles. The zero-order valence-corrected chi connectivity index (χ0v) is 13.6. The zero-order chi connectivity index (χ0) is 16.3. The summed E-state index contributed by atoms with van der Waals surface area (Å²) in [4.78, 5) is 11.5. The van der Waals surface area contributed by atoms with E-state index in [1.54, 1.807) is 12.1 Å². The summed E-state index contributed by atoms with van der Waals surface area (Å²) in [7, 11) is 0. The monoisotopic (exact) mass is 333 g/mol. The fraction of sp³-hybridized carbons (Fsp3) is 0.500. The van der Waals surface area contributed by atoms with Crippen LogP contribution in [0.2, 0.25) is 5.02 Å². The van der Waals surface area contributed by atoms with Crippen molar-refractivity contribution in [2.45, 2.75) is 49.8 Å². The largest absolute Gasteiger partial charge is 0.464 e. The first-order chi connectivity index (χ1) is 11.0. The SMILES string of the molecule is O=C1OCCC1NC1CCC(O)(C#Cc2cccc(Cl)c2)CC1. The van der Waals surface area contributed by atoms with Crippen LogP contribution in [0.4, 0.5) is 0 Å². The molecule has 5 heteroatoms. The van der Waals surface area contributed by atoms with Crippen LogP contribution in [0.5, 0.6) is 0 Å². The number of benzene rings is 1. The molecule has 1 atom stereocenters. The van der Waals surface area contributed by atoms with Crippen molar-refractivity contribution in [2.75, 3.05) is 6.61 Å². The van der Waals surface area contributed by atoms with E-state index < -0.39 is 5.60 Å². The molecule has 0 spiro atoms. The standard InChI is InChI=1S/C18H20ClNO3/c19-14-3-1-2-13(12-14)4-8-18(22)9-5-15(6-10-18)20-16-7-11-23-17(16)21/h1-3,12,15-16,20,22H,5-7,9-11H2. The van der Waals surface area contributed by atoms with Gasteiger partial charge >= 0.3 is 5.97 Å². The Hall–Kier alpha value is -1.54. The van der Waals surface area contributed by atoms with Gasteiger partial charge in [-0.05, 0) is 43.9 Å². The summed E-state index contributed by atoms with van der Waals surface area (Å²) in [5.41, 5.74) is -0.156. The lowest BCUT2D eigenvalue weighted by atomic mass is 9.82. The molecule has 1 aliphatic heterocycles. The maximum Gasteiger partial charge on any atom is 0.323 e. The highest BCUT2D eigenvalue weighted by molar-refractivity contribution is 6.30. The smallest absolute Gasteiger partial charge is 0.323 e. The van der Waals surface area contributed by atoms with Crippen molar-refractivity contribution < 1.29 is 14.6 Å². The Bertz CT molecular complexity index is 641. The molecule has 23 heavy (non-hydrogen) atoms. The van der Waals surface area contributed by atoms with E-state index in [1.165, 1.54) is 0 Å². The third-order valence-corrected chi connectivity index (χ3v) is 4.68. The van der Waals surface area contributed by atoms with Gasteiger partial charge < -0.3 is 15.2 Å². The second kappa shape index (κ2) is 6.92. The van der Waals surface area contributed by atoms with Crippen LogP contribution in [0.15, 0.2) is 24.3 Å². The van der Waals surface area contributed by atoms with E-state index >= 15 is 0 Å². The number of aliphatic hydroxyl groups is 1. The molecule has 1 aliphatic carbocycles. The van der Waals surface area contributed by atoms with E-state index in [-0.39, 0.29) is 18.1 Å². The molecule has 0 radical (unpaired) electrons. The van der Waals surface area contributed by atoms with E-state index in [0.717, 1.165) is 24.8 Å². The highest BCUT2D eigenvalue weighted by atomic mass is 35.5. The van der Waals surface area contributed by atoms with E-state index in [2.05, 4.69) is 17.2 Å². The summed E-state index contributed by atoms with van der Waals surface area (Å²) in [5, 5.41) is 14.6. The summed E-state index contributed by atoms with van der Waals surface area (Å²) in [5.74, 6) is 5.84. The molecule has 1 aromatic carbocycles. The Labute approximate surface area is 141 Å². The summed E-state index contributed by atoms with van der Waals surface area (Å²) < 4.78 is 4.96. The zero-order valence-electron chi connectivity index (χ0n) is 12.8. The van der Waals surface area contributed by atoms with Crippen LogP contribution in [0, 0.1) is 11.8 Å². The molecule has 0 bridgehead atoms. The highest BCUT2D eigenvalue weighted by Crippen LogP contribution is 2.28. The molecule has 2 aliphatic rings. The molecule has 2 fully saturated rings. The Morgan fingerprint density at radius 3 is 2.74 bits per heavy atom. The van der Waals surface area contributed by atoms with Crippen molar-refractivity contribution in [1.29, 1.82) is 0 Å². The number of halogens is 1. The van der Waals surface area contributed by atoms with Gasteiger partial charge in [0.05, 0.1) is 6.61 Å². The van der Waals surface area contributed by atoms with Gasteiger partial charge in [0.15, 0.2) is 0 Å². The molecule has 1 aromatic rings. The lowest BCUT2D eigenvalue weighted by Crippen LogP contribution is -2.46. The molecule has 1 saturated carbocycles. The number of esters is 1. The average Bonchev–Trinajstić information content (AvgIpc) is 2.93. The minimum atomic E-state index is -0.962. The van der Waals surface area contributed by atoms with Crippen molar-refractivity contribution in [3.63, 3.8) is 0 Å². The van der Waals surface area contributed by atoms with E-state index in [1.807, 2.05) is 12.1 Å². The van der Waals surface area contributed by atoms with Crippen LogP contribution in [0.3, 0.4) is 0 Å². The second-order valence-corrected chi connectivity index (χ2v) is 6.68. The van der Waals surface area contributed by atoms with Crippen molar-refractivity contribution >= 4 is 17.6 Å². The first-order valence-electron chi connectivity index (χ1n) is 7.98. The van der Waals surface area contributed by atoms with Gasteiger partial charge in [-0.2, -0.15) is 0 Å². The second-order valence-electron chi connectivity index (χ2n) is 6.24. The fourth-order valence-electron chi connectivity index (χ4n) is 3.07. The van der Waals surface area contributed by atoms with Gasteiger partial charge in [-0.15, -0.1) is 0 Å². The van der Waals surface area contributed by atoms with E-state index in [4.69, 9.17) is 16.3 Å². The molecule has 4 nitrogen and oxygen atoms in total. The number of hydrogen-bond acceptors (Lipinski definition) is 4. The number of hydrogen-bond donors (Lipinski definition) is 2. The fourth-order valence-corrected chi connectivity index (χ4v) is 3.26. The Balaban J connectivity index is 1.56. The first-order valence-corrected chi connectivity index (χ1v) is 8.36.